The SMILES string of the molecule is Cc1cc(-c2cnc(N(C)CCN)nc2)ccc1F. The van der Waals surface area contributed by atoms with Gasteiger partial charge in [0.05, 0.1) is 0 Å². The van der Waals surface area contributed by atoms with Gasteiger partial charge >= 0.3 is 0 Å². The van der Waals surface area contributed by atoms with Crippen LogP contribution in [0.2, 0.25) is 0 Å². The van der Waals surface area contributed by atoms with Crippen molar-refractivity contribution in [2.24, 2.45) is 5.73 Å². The summed E-state index contributed by atoms with van der Waals surface area (Å²) in [5.74, 6) is 0.428. The third-order valence-electron chi connectivity index (χ3n) is 2.94. The second-order valence-corrected chi connectivity index (χ2v) is 4.45. The minimum atomic E-state index is -0.205. The first-order chi connectivity index (χ1) is 9.11. The van der Waals surface area contributed by atoms with Gasteiger partial charge in [-0.25, -0.2) is 14.4 Å². The van der Waals surface area contributed by atoms with Crippen LogP contribution in [0.4, 0.5) is 10.3 Å². The van der Waals surface area contributed by atoms with Crippen LogP contribution in [0.5, 0.6) is 0 Å². The summed E-state index contributed by atoms with van der Waals surface area (Å²) < 4.78 is 13.2. The van der Waals surface area contributed by atoms with Crippen molar-refractivity contribution in [1.29, 1.82) is 0 Å². The van der Waals surface area contributed by atoms with E-state index in [1.54, 1.807) is 31.5 Å². The molecule has 1 aromatic heterocycles. The summed E-state index contributed by atoms with van der Waals surface area (Å²) in [5, 5.41) is 0. The first-order valence-corrected chi connectivity index (χ1v) is 6.11. The third kappa shape index (κ3) is 3.06. The molecular weight excluding hydrogens is 243 g/mol. The smallest absolute Gasteiger partial charge is 0.225 e. The van der Waals surface area contributed by atoms with E-state index in [1.807, 2.05) is 11.9 Å². The number of aryl methyl sites for hydroxylation is 1. The van der Waals surface area contributed by atoms with E-state index in [2.05, 4.69) is 9.97 Å². The van der Waals surface area contributed by atoms with Gasteiger partial charge in [0.1, 0.15) is 5.82 Å². The number of aromatic nitrogens is 2. The van der Waals surface area contributed by atoms with E-state index in [9.17, 15) is 4.39 Å². The number of hydrogen-bond acceptors (Lipinski definition) is 4. The van der Waals surface area contributed by atoms with E-state index in [-0.39, 0.29) is 5.82 Å². The summed E-state index contributed by atoms with van der Waals surface area (Å²) >= 11 is 0. The van der Waals surface area contributed by atoms with E-state index in [4.69, 9.17) is 5.73 Å². The van der Waals surface area contributed by atoms with Crippen LogP contribution < -0.4 is 10.6 Å². The second kappa shape index (κ2) is 5.75. The first kappa shape index (κ1) is 13.4. The predicted molar refractivity (Wildman–Crippen MR) is 74.5 cm³/mol. The Balaban J connectivity index is 2.24. The number of likely N-dealkylation sites (N-methyl/N-ethyl adjacent to an activating group) is 1. The van der Waals surface area contributed by atoms with Crippen molar-refractivity contribution < 1.29 is 4.39 Å². The number of rotatable bonds is 4. The van der Waals surface area contributed by atoms with Crippen molar-refractivity contribution in [3.63, 3.8) is 0 Å². The third-order valence-corrected chi connectivity index (χ3v) is 2.94. The van der Waals surface area contributed by atoms with Crippen molar-refractivity contribution in [3.8, 4) is 11.1 Å². The Kier molecular flexibility index (Phi) is 4.06. The first-order valence-electron chi connectivity index (χ1n) is 6.11. The number of hydrogen-bond donors (Lipinski definition) is 1. The van der Waals surface area contributed by atoms with Gasteiger partial charge in [-0.3, -0.25) is 0 Å². The van der Waals surface area contributed by atoms with Crippen LogP contribution in [0.3, 0.4) is 0 Å². The molecule has 0 aliphatic carbocycles. The normalized spacial score (nSPS) is 10.5. The average Bonchev–Trinajstić information content (AvgIpc) is 2.42. The Hall–Kier alpha value is -2.01. The summed E-state index contributed by atoms with van der Waals surface area (Å²) in [6, 6.07) is 4.97. The molecule has 1 heterocycles. The molecule has 2 N–H and O–H groups in total. The number of anilines is 1. The maximum Gasteiger partial charge on any atom is 0.225 e. The van der Waals surface area contributed by atoms with Crippen LogP contribution in [-0.4, -0.2) is 30.1 Å². The highest BCUT2D eigenvalue weighted by molar-refractivity contribution is 5.62. The highest BCUT2D eigenvalue weighted by atomic mass is 19.1. The molecular formula is C14H17FN4. The zero-order valence-electron chi connectivity index (χ0n) is 11.1. The molecule has 0 aliphatic heterocycles. The van der Waals surface area contributed by atoms with Crippen LogP contribution in [-0.2, 0) is 0 Å². The fourth-order valence-corrected chi connectivity index (χ4v) is 1.79. The van der Waals surface area contributed by atoms with Gasteiger partial charge in [-0.1, -0.05) is 6.07 Å². The maximum absolute atomic E-state index is 13.2. The average molecular weight is 260 g/mol. The van der Waals surface area contributed by atoms with Crippen LogP contribution in [0.1, 0.15) is 5.56 Å². The van der Waals surface area contributed by atoms with E-state index in [0.29, 0.717) is 24.6 Å². The standard InChI is InChI=1S/C14H17FN4/c1-10-7-11(3-4-13(10)15)12-8-17-14(18-9-12)19(2)6-5-16/h3-4,7-9H,5-6,16H2,1-2H3. The fourth-order valence-electron chi connectivity index (χ4n) is 1.79. The number of nitrogens with zero attached hydrogens (tertiary/aromatic N) is 3. The Labute approximate surface area is 112 Å². The summed E-state index contributed by atoms with van der Waals surface area (Å²) in [6.45, 7) is 3.00. The summed E-state index contributed by atoms with van der Waals surface area (Å²) in [5.41, 5.74) is 7.88. The zero-order chi connectivity index (χ0) is 13.8. The monoisotopic (exact) mass is 260 g/mol. The molecule has 1 aromatic carbocycles. The highest BCUT2D eigenvalue weighted by Crippen LogP contribution is 2.21. The number of benzene rings is 1. The van der Waals surface area contributed by atoms with Gasteiger partial charge in [-0.2, -0.15) is 0 Å². The maximum atomic E-state index is 13.2. The lowest BCUT2D eigenvalue weighted by Gasteiger charge is -2.15. The van der Waals surface area contributed by atoms with Crippen molar-refractivity contribution in [1.82, 2.24) is 9.97 Å². The molecule has 0 atom stereocenters. The number of halogens is 1. The zero-order valence-corrected chi connectivity index (χ0v) is 11.1. The molecule has 0 aliphatic rings. The lowest BCUT2D eigenvalue weighted by molar-refractivity contribution is 0.619. The molecule has 0 spiro atoms. The summed E-state index contributed by atoms with van der Waals surface area (Å²) in [6.07, 6.45) is 3.48. The van der Waals surface area contributed by atoms with Crippen molar-refractivity contribution in [3.05, 3.63) is 42.0 Å². The molecule has 0 bridgehead atoms. The van der Waals surface area contributed by atoms with Gasteiger partial charge in [0, 0.05) is 38.1 Å². The van der Waals surface area contributed by atoms with E-state index in [1.165, 1.54) is 6.07 Å². The molecule has 0 amide bonds. The van der Waals surface area contributed by atoms with Gasteiger partial charge in [-0.05, 0) is 30.2 Å². The molecule has 19 heavy (non-hydrogen) atoms. The molecule has 100 valence electrons. The topological polar surface area (TPSA) is 55.0 Å². The van der Waals surface area contributed by atoms with Gasteiger partial charge < -0.3 is 10.6 Å². The Morgan fingerprint density at radius 2 is 1.89 bits per heavy atom. The van der Waals surface area contributed by atoms with Gasteiger partial charge in [0.2, 0.25) is 5.95 Å². The van der Waals surface area contributed by atoms with E-state index in [0.717, 1.165) is 11.1 Å². The molecule has 5 heteroatoms. The predicted octanol–water partition coefficient (Wildman–Crippen LogP) is 1.99. The van der Waals surface area contributed by atoms with Crippen LogP contribution in [0.15, 0.2) is 30.6 Å². The Morgan fingerprint density at radius 1 is 1.21 bits per heavy atom. The molecule has 0 saturated heterocycles. The molecule has 0 unspecified atom stereocenters. The van der Waals surface area contributed by atoms with Crippen LogP contribution in [0.25, 0.3) is 11.1 Å². The van der Waals surface area contributed by atoms with Crippen LogP contribution >= 0.6 is 0 Å². The molecule has 0 radical (unpaired) electrons. The molecule has 0 saturated carbocycles. The minimum Gasteiger partial charge on any atom is -0.343 e. The summed E-state index contributed by atoms with van der Waals surface area (Å²) in [7, 11) is 1.89. The van der Waals surface area contributed by atoms with E-state index >= 15 is 0 Å². The molecule has 2 aromatic rings. The largest absolute Gasteiger partial charge is 0.343 e. The Bertz CT molecular complexity index is 554. The van der Waals surface area contributed by atoms with Gasteiger partial charge in [0.25, 0.3) is 0 Å². The molecule has 2 rings (SSSR count). The van der Waals surface area contributed by atoms with Crippen molar-refractivity contribution in [2.45, 2.75) is 6.92 Å². The second-order valence-electron chi connectivity index (χ2n) is 4.45. The minimum absolute atomic E-state index is 0.205. The summed E-state index contributed by atoms with van der Waals surface area (Å²) in [4.78, 5) is 10.5. The molecule has 4 nitrogen and oxygen atoms in total. The van der Waals surface area contributed by atoms with Crippen molar-refractivity contribution >= 4 is 5.95 Å². The quantitative estimate of drug-likeness (QED) is 0.913. The van der Waals surface area contributed by atoms with Crippen molar-refractivity contribution in [2.75, 3.05) is 25.0 Å². The lowest BCUT2D eigenvalue weighted by atomic mass is 10.1. The fraction of sp³-hybridized carbons (Fsp3) is 0.286. The molecule has 0 fully saturated rings. The van der Waals surface area contributed by atoms with Gasteiger partial charge in [0.15, 0.2) is 0 Å². The van der Waals surface area contributed by atoms with Crippen LogP contribution in [0, 0.1) is 12.7 Å². The lowest BCUT2D eigenvalue weighted by Crippen LogP contribution is -2.26. The Morgan fingerprint density at radius 3 is 2.47 bits per heavy atom. The highest BCUT2D eigenvalue weighted by Gasteiger charge is 2.05. The van der Waals surface area contributed by atoms with Gasteiger partial charge in [-0.15, -0.1) is 0 Å². The van der Waals surface area contributed by atoms with E-state index < -0.39 is 0 Å². The number of nitrogens with two attached hydrogens (primary N) is 1.